The minimum atomic E-state index is 0.0685. The van der Waals surface area contributed by atoms with E-state index in [2.05, 4.69) is 15.1 Å². The Kier molecular flexibility index (Phi) is 3.53. The summed E-state index contributed by atoms with van der Waals surface area (Å²) in [7, 11) is 0. The topological polar surface area (TPSA) is 98.1 Å². The number of aromatic nitrogens is 3. The molecule has 0 saturated carbocycles. The standard InChI is InChI=1S/C14H15N5O2S2/c1-7-16-11(21-18-7)8-2-4-19(5-3-8)13(20)10-6-9-12(22-10)17-14(15)23-9/h6,8H,2-5H2,1H3,(H2,15,17). The lowest BCUT2D eigenvalue weighted by atomic mass is 9.96. The van der Waals surface area contributed by atoms with Gasteiger partial charge in [0.2, 0.25) is 5.89 Å². The van der Waals surface area contributed by atoms with Crippen molar-refractivity contribution in [2.75, 3.05) is 18.8 Å². The molecule has 3 aromatic rings. The van der Waals surface area contributed by atoms with Crippen molar-refractivity contribution in [2.24, 2.45) is 0 Å². The molecule has 0 aliphatic carbocycles. The molecule has 1 amide bonds. The quantitative estimate of drug-likeness (QED) is 0.764. The van der Waals surface area contributed by atoms with Gasteiger partial charge in [0, 0.05) is 19.0 Å². The van der Waals surface area contributed by atoms with Crippen LogP contribution in [-0.4, -0.2) is 39.0 Å². The number of rotatable bonds is 2. The Hall–Kier alpha value is -2.00. The van der Waals surface area contributed by atoms with Gasteiger partial charge in [-0.1, -0.05) is 16.5 Å². The lowest BCUT2D eigenvalue weighted by Gasteiger charge is -2.30. The zero-order chi connectivity index (χ0) is 16.0. The number of aryl methyl sites for hydroxylation is 1. The number of carbonyl (C=O) groups is 1. The molecule has 1 aliphatic rings. The number of thiazole rings is 1. The fraction of sp³-hybridized carbons (Fsp3) is 0.429. The van der Waals surface area contributed by atoms with Crippen LogP contribution in [0.15, 0.2) is 10.6 Å². The van der Waals surface area contributed by atoms with Gasteiger partial charge in [0.25, 0.3) is 5.91 Å². The van der Waals surface area contributed by atoms with Gasteiger partial charge >= 0.3 is 0 Å². The molecule has 0 spiro atoms. The molecular formula is C14H15N5O2S2. The molecule has 0 atom stereocenters. The van der Waals surface area contributed by atoms with Gasteiger partial charge in [-0.2, -0.15) is 4.98 Å². The predicted molar refractivity (Wildman–Crippen MR) is 88.8 cm³/mol. The van der Waals surface area contributed by atoms with E-state index in [1.807, 2.05) is 17.9 Å². The second-order valence-electron chi connectivity index (χ2n) is 5.58. The Bertz CT molecular complexity index is 828. The molecule has 1 saturated heterocycles. The van der Waals surface area contributed by atoms with Gasteiger partial charge in [0.05, 0.1) is 9.58 Å². The van der Waals surface area contributed by atoms with Crippen molar-refractivity contribution in [3.8, 4) is 0 Å². The summed E-state index contributed by atoms with van der Waals surface area (Å²) in [5, 5.41) is 4.38. The van der Waals surface area contributed by atoms with E-state index in [4.69, 9.17) is 10.3 Å². The Morgan fingerprint density at radius 3 is 2.78 bits per heavy atom. The van der Waals surface area contributed by atoms with Gasteiger partial charge in [-0.3, -0.25) is 4.79 Å². The van der Waals surface area contributed by atoms with Crippen LogP contribution in [0.25, 0.3) is 9.53 Å². The second-order valence-corrected chi connectivity index (χ2v) is 7.67. The molecule has 23 heavy (non-hydrogen) atoms. The average molecular weight is 349 g/mol. The maximum absolute atomic E-state index is 12.6. The van der Waals surface area contributed by atoms with Crippen molar-refractivity contribution in [2.45, 2.75) is 25.7 Å². The molecule has 4 heterocycles. The second kappa shape index (κ2) is 5.57. The normalized spacial score (nSPS) is 16.3. The highest BCUT2D eigenvalue weighted by Crippen LogP contribution is 2.33. The number of nitrogens with zero attached hydrogens (tertiary/aromatic N) is 4. The number of likely N-dealkylation sites (tertiary alicyclic amines) is 1. The van der Waals surface area contributed by atoms with Crippen molar-refractivity contribution >= 4 is 43.2 Å². The zero-order valence-corrected chi connectivity index (χ0v) is 14.1. The van der Waals surface area contributed by atoms with Crippen LogP contribution in [0.2, 0.25) is 0 Å². The summed E-state index contributed by atoms with van der Waals surface area (Å²) in [4.78, 5) is 24.6. The van der Waals surface area contributed by atoms with E-state index in [-0.39, 0.29) is 11.8 Å². The summed E-state index contributed by atoms with van der Waals surface area (Å²) >= 11 is 2.82. The molecular weight excluding hydrogens is 334 g/mol. The third kappa shape index (κ3) is 2.70. The molecule has 3 aromatic heterocycles. The van der Waals surface area contributed by atoms with Gasteiger partial charge in [-0.05, 0) is 25.8 Å². The summed E-state index contributed by atoms with van der Waals surface area (Å²) in [6, 6.07) is 1.89. The maximum Gasteiger partial charge on any atom is 0.264 e. The molecule has 0 unspecified atom stereocenters. The summed E-state index contributed by atoms with van der Waals surface area (Å²) in [5.41, 5.74) is 5.68. The maximum atomic E-state index is 12.6. The van der Waals surface area contributed by atoms with E-state index in [0.29, 0.717) is 29.9 Å². The summed E-state index contributed by atoms with van der Waals surface area (Å²) in [6.45, 7) is 3.22. The number of fused-ring (bicyclic) bond motifs is 1. The molecule has 1 fully saturated rings. The third-order valence-corrected chi connectivity index (χ3v) is 5.97. The smallest absolute Gasteiger partial charge is 0.264 e. The van der Waals surface area contributed by atoms with Crippen LogP contribution >= 0.6 is 22.7 Å². The molecule has 120 valence electrons. The Balaban J connectivity index is 1.44. The van der Waals surface area contributed by atoms with E-state index in [9.17, 15) is 4.79 Å². The van der Waals surface area contributed by atoms with Crippen LogP contribution in [0, 0.1) is 6.92 Å². The first-order valence-electron chi connectivity index (χ1n) is 7.35. The predicted octanol–water partition coefficient (Wildman–Crippen LogP) is 2.65. The van der Waals surface area contributed by atoms with Crippen LogP contribution < -0.4 is 5.73 Å². The van der Waals surface area contributed by atoms with Gasteiger partial charge < -0.3 is 15.2 Å². The van der Waals surface area contributed by atoms with Crippen molar-refractivity contribution in [3.05, 3.63) is 22.7 Å². The van der Waals surface area contributed by atoms with E-state index in [1.54, 1.807) is 0 Å². The first-order valence-corrected chi connectivity index (χ1v) is 8.99. The molecule has 1 aliphatic heterocycles. The average Bonchev–Trinajstić information content (AvgIpc) is 3.21. The SMILES string of the molecule is Cc1noc(C2CCN(C(=O)c3cc4sc(N)nc4s3)CC2)n1. The van der Waals surface area contributed by atoms with Gasteiger partial charge in [-0.25, -0.2) is 4.98 Å². The number of nitrogens with two attached hydrogens (primary N) is 1. The molecule has 0 radical (unpaired) electrons. The number of hydrogen-bond donors (Lipinski definition) is 1. The van der Waals surface area contributed by atoms with Crippen molar-refractivity contribution < 1.29 is 9.32 Å². The molecule has 0 aromatic carbocycles. The summed E-state index contributed by atoms with van der Waals surface area (Å²) < 4.78 is 6.22. The fourth-order valence-electron chi connectivity index (χ4n) is 2.82. The summed E-state index contributed by atoms with van der Waals surface area (Å²) in [5.74, 6) is 1.65. The Morgan fingerprint density at radius 2 is 2.13 bits per heavy atom. The van der Waals surface area contributed by atoms with E-state index >= 15 is 0 Å². The lowest BCUT2D eigenvalue weighted by molar-refractivity contribution is 0.0709. The van der Waals surface area contributed by atoms with E-state index in [1.165, 1.54) is 22.7 Å². The largest absolute Gasteiger partial charge is 0.375 e. The molecule has 9 heteroatoms. The van der Waals surface area contributed by atoms with Crippen LogP contribution in [0.3, 0.4) is 0 Å². The first-order chi connectivity index (χ1) is 11.1. The highest BCUT2D eigenvalue weighted by molar-refractivity contribution is 7.29. The lowest BCUT2D eigenvalue weighted by Crippen LogP contribution is -2.37. The number of amides is 1. The number of anilines is 1. The van der Waals surface area contributed by atoms with E-state index < -0.39 is 0 Å². The minimum Gasteiger partial charge on any atom is -0.375 e. The van der Waals surface area contributed by atoms with Crippen molar-refractivity contribution in [1.82, 2.24) is 20.0 Å². The summed E-state index contributed by atoms with van der Waals surface area (Å²) in [6.07, 6.45) is 1.69. The van der Waals surface area contributed by atoms with E-state index in [0.717, 1.165) is 27.2 Å². The number of nitrogen functional groups attached to an aromatic ring is 1. The fourth-order valence-corrected chi connectivity index (χ4v) is 4.78. The molecule has 0 bridgehead atoms. The Labute approximate surface area is 140 Å². The van der Waals surface area contributed by atoms with Crippen molar-refractivity contribution in [3.63, 3.8) is 0 Å². The number of carbonyl (C=O) groups excluding carboxylic acids is 1. The minimum absolute atomic E-state index is 0.0685. The highest BCUT2D eigenvalue weighted by atomic mass is 32.1. The number of hydrogen-bond acceptors (Lipinski definition) is 8. The molecule has 4 rings (SSSR count). The first kappa shape index (κ1) is 14.6. The van der Waals surface area contributed by atoms with Crippen LogP contribution in [-0.2, 0) is 0 Å². The molecule has 2 N–H and O–H groups in total. The molecule has 7 nitrogen and oxygen atoms in total. The van der Waals surface area contributed by atoms with Crippen LogP contribution in [0.1, 0.15) is 40.1 Å². The van der Waals surface area contributed by atoms with Gasteiger partial charge in [0.15, 0.2) is 11.0 Å². The van der Waals surface area contributed by atoms with Crippen molar-refractivity contribution in [1.29, 1.82) is 0 Å². The monoisotopic (exact) mass is 349 g/mol. The number of piperidine rings is 1. The zero-order valence-electron chi connectivity index (χ0n) is 12.5. The Morgan fingerprint density at radius 1 is 1.35 bits per heavy atom. The highest BCUT2D eigenvalue weighted by Gasteiger charge is 2.28. The van der Waals surface area contributed by atoms with Gasteiger partial charge in [0.1, 0.15) is 4.83 Å². The van der Waals surface area contributed by atoms with Crippen LogP contribution in [0.4, 0.5) is 5.13 Å². The third-order valence-electron chi connectivity index (χ3n) is 3.99. The number of thiophene rings is 1. The van der Waals surface area contributed by atoms with Crippen LogP contribution in [0.5, 0.6) is 0 Å². The van der Waals surface area contributed by atoms with Gasteiger partial charge in [-0.15, -0.1) is 11.3 Å².